The summed E-state index contributed by atoms with van der Waals surface area (Å²) in [5.74, 6) is 0.00694. The van der Waals surface area contributed by atoms with E-state index < -0.39 is 0 Å². The molecule has 0 atom stereocenters. The minimum atomic E-state index is -0.383. The highest BCUT2D eigenvalue weighted by atomic mass is 79.9. The second kappa shape index (κ2) is 6.42. The molecule has 128 valence electrons. The Morgan fingerprint density at radius 3 is 2.31 bits per heavy atom. The van der Waals surface area contributed by atoms with E-state index in [0.717, 1.165) is 21.0 Å². The van der Waals surface area contributed by atoms with Gasteiger partial charge in [0.25, 0.3) is 11.8 Å². The van der Waals surface area contributed by atoms with Gasteiger partial charge in [0.2, 0.25) is 0 Å². The summed E-state index contributed by atoms with van der Waals surface area (Å²) in [4.78, 5) is 24.9. The first kappa shape index (κ1) is 16.5. The molecule has 3 aromatic rings. The van der Waals surface area contributed by atoms with E-state index in [1.54, 1.807) is 7.11 Å². The van der Waals surface area contributed by atoms with Gasteiger partial charge in [0.05, 0.1) is 18.3 Å². The van der Waals surface area contributed by atoms with Crippen molar-refractivity contribution in [1.82, 2.24) is 5.32 Å². The number of benzene rings is 3. The van der Waals surface area contributed by atoms with Gasteiger partial charge in [-0.15, -0.1) is 0 Å². The van der Waals surface area contributed by atoms with Crippen LogP contribution in [0.1, 0.15) is 11.1 Å². The van der Waals surface area contributed by atoms with E-state index in [9.17, 15) is 9.59 Å². The number of imide groups is 1. The topological polar surface area (TPSA) is 55.4 Å². The second-order valence-electron chi connectivity index (χ2n) is 5.94. The third kappa shape index (κ3) is 2.70. The number of fused-ring (bicyclic) bond motifs is 1. The molecule has 4 rings (SSSR count). The molecule has 1 aliphatic heterocycles. The maximum absolute atomic E-state index is 12.5. The number of hydrogen-bond acceptors (Lipinski definition) is 3. The van der Waals surface area contributed by atoms with Crippen LogP contribution in [0.15, 0.2) is 65.1 Å². The molecule has 3 aromatic carbocycles. The molecule has 0 aliphatic carbocycles. The zero-order chi connectivity index (χ0) is 18.3. The van der Waals surface area contributed by atoms with E-state index in [-0.39, 0.29) is 11.8 Å². The Morgan fingerprint density at radius 2 is 1.54 bits per heavy atom. The van der Waals surface area contributed by atoms with Crippen LogP contribution in [0.4, 0.5) is 0 Å². The van der Waals surface area contributed by atoms with Crippen molar-refractivity contribution in [1.29, 1.82) is 0 Å². The molecule has 5 heteroatoms. The van der Waals surface area contributed by atoms with E-state index in [2.05, 4.69) is 21.2 Å². The number of amides is 2. The molecule has 0 radical (unpaired) electrons. The highest BCUT2D eigenvalue weighted by molar-refractivity contribution is 9.10. The molecule has 4 nitrogen and oxygen atoms in total. The van der Waals surface area contributed by atoms with Crippen LogP contribution in [0.5, 0.6) is 5.75 Å². The number of methoxy groups -OCH3 is 1. The Balaban J connectivity index is 1.93. The smallest absolute Gasteiger partial charge is 0.259 e. The van der Waals surface area contributed by atoms with E-state index in [1.165, 1.54) is 0 Å². The maximum Gasteiger partial charge on any atom is 0.259 e. The molecule has 1 aliphatic rings. The lowest BCUT2D eigenvalue weighted by Crippen LogP contribution is -2.22. The molecule has 1 N–H and O–H groups in total. The van der Waals surface area contributed by atoms with Gasteiger partial charge in [0.15, 0.2) is 0 Å². The van der Waals surface area contributed by atoms with Crippen LogP contribution in [-0.2, 0) is 9.59 Å². The zero-order valence-corrected chi connectivity index (χ0v) is 15.5. The van der Waals surface area contributed by atoms with E-state index in [1.807, 2.05) is 60.7 Å². The van der Waals surface area contributed by atoms with Gasteiger partial charge in [-0.2, -0.15) is 0 Å². The van der Waals surface area contributed by atoms with Crippen molar-refractivity contribution in [3.63, 3.8) is 0 Å². The van der Waals surface area contributed by atoms with Crippen molar-refractivity contribution < 1.29 is 14.3 Å². The first-order valence-corrected chi connectivity index (χ1v) is 8.81. The summed E-state index contributed by atoms with van der Waals surface area (Å²) in [6.45, 7) is 0. The Labute approximate surface area is 158 Å². The minimum absolute atomic E-state index is 0.381. The van der Waals surface area contributed by atoms with Gasteiger partial charge in [-0.25, -0.2) is 0 Å². The molecular weight excluding hydrogens is 394 g/mol. The highest BCUT2D eigenvalue weighted by Crippen LogP contribution is 2.35. The summed E-state index contributed by atoms with van der Waals surface area (Å²) < 4.78 is 6.01. The molecule has 1 heterocycles. The van der Waals surface area contributed by atoms with E-state index in [4.69, 9.17) is 4.74 Å². The first-order chi connectivity index (χ1) is 12.6. The number of carbonyl (C=O) groups excluding carboxylic acids is 2. The van der Waals surface area contributed by atoms with Gasteiger partial charge < -0.3 is 4.74 Å². The largest absolute Gasteiger partial charge is 0.497 e. The predicted molar refractivity (Wildman–Crippen MR) is 105 cm³/mol. The summed E-state index contributed by atoms with van der Waals surface area (Å²) in [6.07, 6.45) is 0. The SMILES string of the molecule is COc1ccc2cc(C3=C(c4ccccc4Br)C(=O)NC3=O)ccc2c1. The minimum Gasteiger partial charge on any atom is -0.497 e. The molecule has 0 aromatic heterocycles. The number of rotatable bonds is 3. The monoisotopic (exact) mass is 407 g/mol. The fourth-order valence-corrected chi connectivity index (χ4v) is 3.64. The standard InChI is InChI=1S/C21H14BrNO3/c1-26-15-9-8-12-10-14(7-6-13(12)11-15)18-19(21(25)23-20(18)24)16-4-2-3-5-17(16)22/h2-11H,1H3,(H,23,24,25). The Morgan fingerprint density at radius 1 is 0.846 bits per heavy atom. The van der Waals surface area contributed by atoms with Gasteiger partial charge in [-0.05, 0) is 40.6 Å². The van der Waals surface area contributed by atoms with Crippen LogP contribution >= 0.6 is 15.9 Å². The lowest BCUT2D eigenvalue weighted by atomic mass is 9.94. The number of nitrogens with one attached hydrogen (secondary N) is 1. The van der Waals surface area contributed by atoms with Crippen molar-refractivity contribution in [3.8, 4) is 5.75 Å². The van der Waals surface area contributed by atoms with Crippen LogP contribution in [0, 0.1) is 0 Å². The van der Waals surface area contributed by atoms with Gasteiger partial charge in [0.1, 0.15) is 5.75 Å². The fourth-order valence-electron chi connectivity index (χ4n) is 3.16. The molecule has 0 saturated carbocycles. The Bertz CT molecular complexity index is 1100. The summed E-state index contributed by atoms with van der Waals surface area (Å²) >= 11 is 3.47. The molecule has 2 amide bonds. The van der Waals surface area contributed by atoms with E-state index in [0.29, 0.717) is 22.3 Å². The molecular formula is C21H14BrNO3. The average Bonchev–Trinajstić information content (AvgIpc) is 2.95. The van der Waals surface area contributed by atoms with Crippen molar-refractivity contribution in [3.05, 3.63) is 76.3 Å². The molecule has 0 bridgehead atoms. The number of ether oxygens (including phenoxy) is 1. The quantitative estimate of drug-likeness (QED) is 0.662. The van der Waals surface area contributed by atoms with Crippen LogP contribution in [0.2, 0.25) is 0 Å². The Kier molecular flexibility index (Phi) is 4.09. The molecule has 26 heavy (non-hydrogen) atoms. The van der Waals surface area contributed by atoms with Crippen LogP contribution < -0.4 is 10.1 Å². The molecule has 0 saturated heterocycles. The predicted octanol–water partition coefficient (Wildman–Crippen LogP) is 4.18. The van der Waals surface area contributed by atoms with Crippen molar-refractivity contribution >= 4 is 49.7 Å². The molecule has 0 fully saturated rings. The summed E-state index contributed by atoms with van der Waals surface area (Å²) in [7, 11) is 1.62. The highest BCUT2D eigenvalue weighted by Gasteiger charge is 2.33. The number of halogens is 1. The fraction of sp³-hybridized carbons (Fsp3) is 0.0476. The summed E-state index contributed by atoms with van der Waals surface area (Å²) in [5, 5.41) is 4.38. The van der Waals surface area contributed by atoms with Crippen LogP contribution in [-0.4, -0.2) is 18.9 Å². The maximum atomic E-state index is 12.5. The molecule has 0 unspecified atom stereocenters. The normalized spacial score (nSPS) is 14.1. The Hall–Kier alpha value is -2.92. The lowest BCUT2D eigenvalue weighted by Gasteiger charge is -2.08. The van der Waals surface area contributed by atoms with Crippen LogP contribution in [0.25, 0.3) is 21.9 Å². The average molecular weight is 408 g/mol. The summed E-state index contributed by atoms with van der Waals surface area (Å²) in [5.41, 5.74) is 2.17. The van der Waals surface area contributed by atoms with Gasteiger partial charge in [-0.1, -0.05) is 52.3 Å². The first-order valence-electron chi connectivity index (χ1n) is 8.01. The van der Waals surface area contributed by atoms with Gasteiger partial charge in [-0.3, -0.25) is 14.9 Å². The third-order valence-electron chi connectivity index (χ3n) is 4.41. The molecule has 0 spiro atoms. The van der Waals surface area contributed by atoms with Crippen molar-refractivity contribution in [2.24, 2.45) is 0 Å². The second-order valence-corrected chi connectivity index (χ2v) is 6.80. The van der Waals surface area contributed by atoms with Crippen molar-refractivity contribution in [2.45, 2.75) is 0 Å². The van der Waals surface area contributed by atoms with Gasteiger partial charge >= 0.3 is 0 Å². The van der Waals surface area contributed by atoms with Gasteiger partial charge in [0, 0.05) is 10.0 Å². The lowest BCUT2D eigenvalue weighted by molar-refractivity contribution is -0.122. The summed E-state index contributed by atoms with van der Waals surface area (Å²) in [6, 6.07) is 18.8. The van der Waals surface area contributed by atoms with E-state index >= 15 is 0 Å². The third-order valence-corrected chi connectivity index (χ3v) is 5.10. The van der Waals surface area contributed by atoms with Crippen LogP contribution in [0.3, 0.4) is 0 Å². The number of carbonyl (C=O) groups is 2. The zero-order valence-electron chi connectivity index (χ0n) is 13.9. The van der Waals surface area contributed by atoms with Crippen molar-refractivity contribution in [2.75, 3.05) is 7.11 Å². The number of hydrogen-bond donors (Lipinski definition) is 1.